The smallest absolute Gasteiger partial charge is 0.263 e. The molecule has 1 amide bonds. The van der Waals surface area contributed by atoms with Crippen molar-refractivity contribution >= 4 is 17.5 Å². The van der Waals surface area contributed by atoms with Crippen LogP contribution in [-0.4, -0.2) is 44.3 Å². The molecule has 1 aliphatic heterocycles. The highest BCUT2D eigenvalue weighted by Crippen LogP contribution is 2.31. The summed E-state index contributed by atoms with van der Waals surface area (Å²) in [7, 11) is 0. The summed E-state index contributed by atoms with van der Waals surface area (Å²) >= 11 is 0. The lowest BCUT2D eigenvalue weighted by Gasteiger charge is -2.33. The fraction of sp³-hybridized carbons (Fsp3) is 0.500. The van der Waals surface area contributed by atoms with E-state index in [1.807, 2.05) is 6.92 Å². The van der Waals surface area contributed by atoms with Crippen molar-refractivity contribution in [1.29, 1.82) is 0 Å². The van der Waals surface area contributed by atoms with Crippen molar-refractivity contribution in [3.05, 3.63) is 29.7 Å². The van der Waals surface area contributed by atoms with Crippen molar-refractivity contribution in [2.45, 2.75) is 46.5 Å². The summed E-state index contributed by atoms with van der Waals surface area (Å²) in [6.07, 6.45) is 5.05. The van der Waals surface area contributed by atoms with Gasteiger partial charge in [-0.15, -0.1) is 0 Å². The van der Waals surface area contributed by atoms with Crippen LogP contribution in [-0.2, 0) is 11.2 Å². The van der Waals surface area contributed by atoms with Crippen molar-refractivity contribution in [1.82, 2.24) is 25.3 Å². The second-order valence-electron chi connectivity index (χ2n) is 7.52. The zero-order valence-corrected chi connectivity index (χ0v) is 17.4. The number of nitrogens with one attached hydrogen (secondary N) is 1. The van der Waals surface area contributed by atoms with Crippen molar-refractivity contribution < 1.29 is 13.8 Å². The standard InChI is InChI=1S/C20H25N7O3/c1-4-6-16-24-20(30-25-16)15-10-21-13(3)22-18(15)27-8-5-7-14(11-27)19(28)23-17-9-12(2)29-26-17/h9-10,14H,4-8,11H2,1-3H3,(H,23,26,28). The second-order valence-corrected chi connectivity index (χ2v) is 7.52. The first kappa shape index (κ1) is 20.0. The highest BCUT2D eigenvalue weighted by atomic mass is 16.5. The molecule has 0 spiro atoms. The normalized spacial score (nSPS) is 16.6. The zero-order valence-electron chi connectivity index (χ0n) is 17.4. The van der Waals surface area contributed by atoms with E-state index in [2.05, 4.69) is 42.4 Å². The largest absolute Gasteiger partial charge is 0.360 e. The fourth-order valence-corrected chi connectivity index (χ4v) is 3.58. The summed E-state index contributed by atoms with van der Waals surface area (Å²) in [4.78, 5) is 28.3. The van der Waals surface area contributed by atoms with Gasteiger partial charge in [0.15, 0.2) is 11.6 Å². The molecule has 0 bridgehead atoms. The van der Waals surface area contributed by atoms with Gasteiger partial charge in [-0.25, -0.2) is 9.97 Å². The lowest BCUT2D eigenvalue weighted by Crippen LogP contribution is -2.41. The maximum Gasteiger partial charge on any atom is 0.263 e. The van der Waals surface area contributed by atoms with E-state index < -0.39 is 0 Å². The Morgan fingerprint density at radius 1 is 1.27 bits per heavy atom. The van der Waals surface area contributed by atoms with Gasteiger partial charge in [-0.1, -0.05) is 17.2 Å². The molecule has 1 N–H and O–H groups in total. The van der Waals surface area contributed by atoms with Crippen LogP contribution in [0.4, 0.5) is 11.6 Å². The quantitative estimate of drug-likeness (QED) is 0.652. The third-order valence-corrected chi connectivity index (χ3v) is 5.03. The second kappa shape index (κ2) is 8.60. The Morgan fingerprint density at radius 3 is 2.90 bits per heavy atom. The summed E-state index contributed by atoms with van der Waals surface area (Å²) in [5, 5.41) is 10.7. The van der Waals surface area contributed by atoms with E-state index in [4.69, 9.17) is 9.05 Å². The Balaban J connectivity index is 1.55. The molecule has 1 fully saturated rings. The molecule has 1 saturated heterocycles. The molecule has 4 rings (SSSR count). The van der Waals surface area contributed by atoms with Crippen LogP contribution in [0, 0.1) is 19.8 Å². The van der Waals surface area contributed by atoms with Crippen molar-refractivity contribution in [3.8, 4) is 11.5 Å². The number of nitrogens with zero attached hydrogens (tertiary/aromatic N) is 6. The maximum absolute atomic E-state index is 12.8. The Bertz CT molecular complexity index is 1030. The zero-order chi connectivity index (χ0) is 21.1. The summed E-state index contributed by atoms with van der Waals surface area (Å²) < 4.78 is 10.5. The molecule has 0 saturated carbocycles. The summed E-state index contributed by atoms with van der Waals surface area (Å²) in [6, 6.07) is 1.70. The first-order chi connectivity index (χ1) is 14.5. The van der Waals surface area contributed by atoms with Gasteiger partial charge in [0, 0.05) is 31.8 Å². The molecule has 3 aromatic heterocycles. The van der Waals surface area contributed by atoms with Crippen LogP contribution < -0.4 is 10.2 Å². The number of piperidine rings is 1. The molecule has 0 aromatic carbocycles. The van der Waals surface area contributed by atoms with Crippen LogP contribution in [0.25, 0.3) is 11.5 Å². The Kier molecular flexibility index (Phi) is 5.73. The molecule has 4 heterocycles. The molecule has 10 nitrogen and oxygen atoms in total. The number of rotatable bonds is 6. The minimum atomic E-state index is -0.197. The van der Waals surface area contributed by atoms with Crippen LogP contribution in [0.3, 0.4) is 0 Å². The monoisotopic (exact) mass is 411 g/mol. The third kappa shape index (κ3) is 4.32. The van der Waals surface area contributed by atoms with E-state index in [0.717, 1.165) is 32.2 Å². The SMILES string of the molecule is CCCc1noc(-c2cnc(C)nc2N2CCCC(C(=O)Nc3cc(C)on3)C2)n1. The highest BCUT2D eigenvalue weighted by molar-refractivity contribution is 5.92. The van der Waals surface area contributed by atoms with E-state index in [9.17, 15) is 4.79 Å². The van der Waals surface area contributed by atoms with E-state index in [0.29, 0.717) is 47.0 Å². The predicted octanol–water partition coefficient (Wildman–Crippen LogP) is 2.94. The summed E-state index contributed by atoms with van der Waals surface area (Å²) in [6.45, 7) is 7.00. The third-order valence-electron chi connectivity index (χ3n) is 5.03. The minimum absolute atomic E-state index is 0.0802. The van der Waals surface area contributed by atoms with Gasteiger partial charge < -0.3 is 19.3 Å². The molecular formula is C20H25N7O3. The number of amides is 1. The lowest BCUT2D eigenvalue weighted by atomic mass is 9.96. The molecule has 30 heavy (non-hydrogen) atoms. The molecule has 10 heteroatoms. The van der Waals surface area contributed by atoms with Gasteiger partial charge >= 0.3 is 0 Å². The van der Waals surface area contributed by atoms with Gasteiger partial charge in [0.05, 0.1) is 5.92 Å². The van der Waals surface area contributed by atoms with Crippen LogP contribution in [0.15, 0.2) is 21.3 Å². The molecule has 0 radical (unpaired) electrons. The van der Waals surface area contributed by atoms with Crippen molar-refractivity contribution in [2.24, 2.45) is 5.92 Å². The minimum Gasteiger partial charge on any atom is -0.360 e. The number of aromatic nitrogens is 5. The van der Waals surface area contributed by atoms with Crippen LogP contribution in [0.2, 0.25) is 0 Å². The average Bonchev–Trinajstić information content (AvgIpc) is 3.37. The molecule has 158 valence electrons. The number of aryl methyl sites for hydroxylation is 3. The number of anilines is 2. The first-order valence-electron chi connectivity index (χ1n) is 10.2. The van der Waals surface area contributed by atoms with Crippen molar-refractivity contribution in [2.75, 3.05) is 23.3 Å². The van der Waals surface area contributed by atoms with Gasteiger partial charge in [-0.2, -0.15) is 4.98 Å². The predicted molar refractivity (Wildman–Crippen MR) is 109 cm³/mol. The van der Waals surface area contributed by atoms with Gasteiger partial charge in [0.1, 0.15) is 23.0 Å². The number of carbonyl (C=O) groups excluding carboxylic acids is 1. The van der Waals surface area contributed by atoms with E-state index in [1.54, 1.807) is 19.2 Å². The topological polar surface area (TPSA) is 123 Å². The lowest BCUT2D eigenvalue weighted by molar-refractivity contribution is -0.120. The Morgan fingerprint density at radius 2 is 2.13 bits per heavy atom. The van der Waals surface area contributed by atoms with E-state index in [1.165, 1.54) is 0 Å². The van der Waals surface area contributed by atoms with Crippen LogP contribution in [0.1, 0.15) is 43.6 Å². The average molecular weight is 411 g/mol. The molecule has 1 aliphatic rings. The highest BCUT2D eigenvalue weighted by Gasteiger charge is 2.29. The Labute approximate surface area is 174 Å². The molecule has 1 unspecified atom stereocenters. The van der Waals surface area contributed by atoms with E-state index in [-0.39, 0.29) is 11.8 Å². The molecule has 3 aromatic rings. The number of hydrogen-bond donors (Lipinski definition) is 1. The molecule has 1 atom stereocenters. The number of hydrogen-bond acceptors (Lipinski definition) is 9. The molecule has 0 aliphatic carbocycles. The number of carbonyl (C=O) groups is 1. The Hall–Kier alpha value is -3.30. The van der Waals surface area contributed by atoms with Crippen LogP contribution >= 0.6 is 0 Å². The van der Waals surface area contributed by atoms with Gasteiger partial charge in [-0.05, 0) is 33.1 Å². The molecular weight excluding hydrogens is 386 g/mol. The van der Waals surface area contributed by atoms with E-state index >= 15 is 0 Å². The van der Waals surface area contributed by atoms with Crippen molar-refractivity contribution in [3.63, 3.8) is 0 Å². The fourth-order valence-electron chi connectivity index (χ4n) is 3.58. The maximum atomic E-state index is 12.8. The van der Waals surface area contributed by atoms with Crippen LogP contribution in [0.5, 0.6) is 0 Å². The summed E-state index contributed by atoms with van der Waals surface area (Å²) in [5.74, 6) is 3.23. The van der Waals surface area contributed by atoms with Gasteiger partial charge in [0.25, 0.3) is 5.89 Å². The summed E-state index contributed by atoms with van der Waals surface area (Å²) in [5.41, 5.74) is 0.684. The first-order valence-corrected chi connectivity index (χ1v) is 10.2. The van der Waals surface area contributed by atoms with Gasteiger partial charge in [0.2, 0.25) is 5.91 Å². The van der Waals surface area contributed by atoms with Gasteiger partial charge in [-0.3, -0.25) is 4.79 Å².